The second kappa shape index (κ2) is 8.67. The highest BCUT2D eigenvalue weighted by Gasteiger charge is 2.31. The van der Waals surface area contributed by atoms with Gasteiger partial charge in [0.1, 0.15) is 5.69 Å². The maximum absolute atomic E-state index is 13.0. The van der Waals surface area contributed by atoms with Crippen LogP contribution in [0.3, 0.4) is 0 Å². The molecule has 32 heavy (non-hydrogen) atoms. The summed E-state index contributed by atoms with van der Waals surface area (Å²) < 4.78 is 39.6. The second-order valence-corrected chi connectivity index (χ2v) is 8.61. The van der Waals surface area contributed by atoms with Crippen LogP contribution < -0.4 is 10.6 Å². The minimum Gasteiger partial charge on any atom is -0.321 e. The number of anilines is 2. The van der Waals surface area contributed by atoms with Crippen molar-refractivity contribution < 1.29 is 22.8 Å². The summed E-state index contributed by atoms with van der Waals surface area (Å²) in [6.45, 7) is 1.53. The Morgan fingerprint density at radius 3 is 2.62 bits per heavy atom. The van der Waals surface area contributed by atoms with Crippen molar-refractivity contribution in [3.8, 4) is 0 Å². The normalized spacial score (nSPS) is 12.5. The van der Waals surface area contributed by atoms with E-state index in [1.807, 2.05) is 0 Å². The maximum Gasteiger partial charge on any atom is 0.416 e. The standard InChI is InChI=1S/C21H15F3N4O2S2/c1-11(12-3-2-4-13(7-12)21(22,23)24)18(29)28-20-27-15-6-5-14(8-17(15)32-20)26-19(30)16-9-31-10-25-16/h2-11H,1H3,(H,26,30)(H,27,28,29)/t11-/m0/s1. The van der Waals surface area contributed by atoms with E-state index >= 15 is 0 Å². The quantitative estimate of drug-likeness (QED) is 0.383. The Hall–Kier alpha value is -3.31. The van der Waals surface area contributed by atoms with Crippen LogP contribution in [-0.2, 0) is 11.0 Å². The highest BCUT2D eigenvalue weighted by Crippen LogP contribution is 2.32. The summed E-state index contributed by atoms with van der Waals surface area (Å²) in [5, 5.41) is 7.36. The van der Waals surface area contributed by atoms with Crippen molar-refractivity contribution in [2.45, 2.75) is 19.0 Å². The van der Waals surface area contributed by atoms with Crippen molar-refractivity contribution >= 4 is 55.5 Å². The average molecular weight is 477 g/mol. The number of nitrogens with zero attached hydrogens (tertiary/aromatic N) is 2. The number of benzene rings is 2. The molecule has 6 nitrogen and oxygen atoms in total. The number of nitrogens with one attached hydrogen (secondary N) is 2. The highest BCUT2D eigenvalue weighted by molar-refractivity contribution is 7.22. The lowest BCUT2D eigenvalue weighted by atomic mass is 9.98. The lowest BCUT2D eigenvalue weighted by Gasteiger charge is -2.13. The Balaban J connectivity index is 1.48. The molecule has 0 aliphatic heterocycles. The zero-order chi connectivity index (χ0) is 22.9. The zero-order valence-electron chi connectivity index (χ0n) is 16.4. The molecule has 0 aliphatic rings. The molecule has 2 amide bonds. The van der Waals surface area contributed by atoms with E-state index in [1.54, 1.807) is 29.1 Å². The fourth-order valence-corrected chi connectivity index (χ4v) is 4.37. The number of aromatic nitrogens is 2. The molecule has 2 heterocycles. The SMILES string of the molecule is C[C@H](C(=O)Nc1nc2ccc(NC(=O)c3cscn3)cc2s1)c1cccc(C(F)(F)F)c1. The minimum atomic E-state index is -4.48. The van der Waals surface area contributed by atoms with Crippen molar-refractivity contribution in [2.75, 3.05) is 10.6 Å². The Labute approximate surface area is 188 Å². The molecule has 2 N–H and O–H groups in total. The molecule has 164 valence electrons. The molecule has 2 aromatic carbocycles. The van der Waals surface area contributed by atoms with Crippen molar-refractivity contribution in [3.05, 3.63) is 70.2 Å². The summed E-state index contributed by atoms with van der Waals surface area (Å²) in [5.74, 6) is -1.61. The number of alkyl halides is 3. The summed E-state index contributed by atoms with van der Waals surface area (Å²) >= 11 is 2.51. The number of halogens is 3. The first-order valence-corrected chi connectivity index (χ1v) is 11.0. The van der Waals surface area contributed by atoms with Crippen LogP contribution in [0.5, 0.6) is 0 Å². The average Bonchev–Trinajstić information content (AvgIpc) is 3.42. The lowest BCUT2D eigenvalue weighted by Crippen LogP contribution is -2.19. The van der Waals surface area contributed by atoms with Crippen LogP contribution in [0.1, 0.15) is 34.5 Å². The smallest absolute Gasteiger partial charge is 0.321 e. The van der Waals surface area contributed by atoms with Gasteiger partial charge in [-0.15, -0.1) is 11.3 Å². The van der Waals surface area contributed by atoms with E-state index in [9.17, 15) is 22.8 Å². The van der Waals surface area contributed by atoms with Crippen LogP contribution in [0.2, 0.25) is 0 Å². The topological polar surface area (TPSA) is 84.0 Å². The molecular formula is C21H15F3N4O2S2. The van der Waals surface area contributed by atoms with Crippen molar-refractivity contribution in [2.24, 2.45) is 0 Å². The molecule has 0 fully saturated rings. The number of amides is 2. The molecule has 0 radical (unpaired) electrons. The maximum atomic E-state index is 13.0. The van der Waals surface area contributed by atoms with E-state index in [0.29, 0.717) is 22.0 Å². The van der Waals surface area contributed by atoms with Crippen LogP contribution in [0.4, 0.5) is 24.0 Å². The van der Waals surface area contributed by atoms with Crippen LogP contribution in [-0.4, -0.2) is 21.8 Å². The Morgan fingerprint density at radius 1 is 1.09 bits per heavy atom. The first kappa shape index (κ1) is 21.9. The molecular weight excluding hydrogens is 461 g/mol. The first-order valence-electron chi connectivity index (χ1n) is 9.29. The van der Waals surface area contributed by atoms with Crippen molar-refractivity contribution in [3.63, 3.8) is 0 Å². The fraction of sp³-hybridized carbons (Fsp3) is 0.143. The van der Waals surface area contributed by atoms with Gasteiger partial charge in [0.05, 0.1) is 27.2 Å². The number of hydrogen-bond acceptors (Lipinski definition) is 6. The number of carbonyl (C=O) groups is 2. The monoisotopic (exact) mass is 476 g/mol. The highest BCUT2D eigenvalue weighted by atomic mass is 32.1. The molecule has 11 heteroatoms. The largest absolute Gasteiger partial charge is 0.416 e. The molecule has 0 unspecified atom stereocenters. The predicted octanol–water partition coefficient (Wildman–Crippen LogP) is 5.77. The Bertz CT molecular complexity index is 1290. The number of fused-ring (bicyclic) bond motifs is 1. The van der Waals surface area contributed by atoms with Gasteiger partial charge in [0.15, 0.2) is 5.13 Å². The van der Waals surface area contributed by atoms with Crippen LogP contribution in [0, 0.1) is 0 Å². The second-order valence-electron chi connectivity index (χ2n) is 6.86. The predicted molar refractivity (Wildman–Crippen MR) is 118 cm³/mol. The van der Waals surface area contributed by atoms with Crippen LogP contribution in [0.15, 0.2) is 53.4 Å². The fourth-order valence-electron chi connectivity index (χ4n) is 2.92. The summed E-state index contributed by atoms with van der Waals surface area (Å²) in [5.41, 5.74) is 2.50. The minimum absolute atomic E-state index is 0.255. The number of hydrogen-bond donors (Lipinski definition) is 2. The third kappa shape index (κ3) is 4.78. The van der Waals surface area contributed by atoms with Crippen LogP contribution in [0.25, 0.3) is 10.2 Å². The van der Waals surface area contributed by atoms with E-state index in [2.05, 4.69) is 20.6 Å². The molecule has 0 saturated heterocycles. The van der Waals surface area contributed by atoms with Crippen molar-refractivity contribution in [1.82, 2.24) is 9.97 Å². The Morgan fingerprint density at radius 2 is 1.91 bits per heavy atom. The van der Waals surface area contributed by atoms with Gasteiger partial charge in [-0.3, -0.25) is 9.59 Å². The molecule has 2 aromatic heterocycles. The third-order valence-corrected chi connectivity index (χ3v) is 6.17. The zero-order valence-corrected chi connectivity index (χ0v) is 18.1. The molecule has 0 aliphatic carbocycles. The summed E-state index contributed by atoms with van der Waals surface area (Å²) in [4.78, 5) is 33.1. The third-order valence-electron chi connectivity index (χ3n) is 4.65. The molecule has 4 rings (SSSR count). The van der Waals surface area contributed by atoms with E-state index in [-0.39, 0.29) is 11.5 Å². The van der Waals surface area contributed by atoms with Gasteiger partial charge in [-0.25, -0.2) is 9.97 Å². The van der Waals surface area contributed by atoms with Crippen molar-refractivity contribution in [1.29, 1.82) is 0 Å². The molecule has 0 spiro atoms. The van der Waals surface area contributed by atoms with E-state index in [1.165, 1.54) is 41.7 Å². The number of carbonyl (C=O) groups excluding carboxylic acids is 2. The molecule has 0 saturated carbocycles. The number of rotatable bonds is 5. The van der Waals surface area contributed by atoms with Gasteiger partial charge >= 0.3 is 6.18 Å². The van der Waals surface area contributed by atoms with Gasteiger partial charge in [-0.05, 0) is 36.8 Å². The van der Waals surface area contributed by atoms with Gasteiger partial charge in [-0.2, -0.15) is 13.2 Å². The van der Waals surface area contributed by atoms with Gasteiger partial charge in [0.2, 0.25) is 5.91 Å². The summed E-state index contributed by atoms with van der Waals surface area (Å²) in [6.07, 6.45) is -4.48. The number of thiazole rings is 2. The van der Waals surface area contributed by atoms with Gasteiger partial charge in [0.25, 0.3) is 5.91 Å². The van der Waals surface area contributed by atoms with E-state index in [4.69, 9.17) is 0 Å². The van der Waals surface area contributed by atoms with E-state index in [0.717, 1.165) is 16.8 Å². The molecule has 1 atom stereocenters. The van der Waals surface area contributed by atoms with Gasteiger partial charge in [-0.1, -0.05) is 29.5 Å². The lowest BCUT2D eigenvalue weighted by molar-refractivity contribution is -0.137. The van der Waals surface area contributed by atoms with E-state index < -0.39 is 23.6 Å². The summed E-state index contributed by atoms with van der Waals surface area (Å²) in [6, 6.07) is 9.81. The molecule has 0 bridgehead atoms. The van der Waals surface area contributed by atoms with Gasteiger partial charge < -0.3 is 10.6 Å². The molecule has 4 aromatic rings. The first-order chi connectivity index (χ1) is 15.2. The van der Waals surface area contributed by atoms with Gasteiger partial charge in [0, 0.05) is 11.1 Å². The summed E-state index contributed by atoms with van der Waals surface area (Å²) in [7, 11) is 0. The Kier molecular flexibility index (Phi) is 5.94. The van der Waals surface area contributed by atoms with Crippen LogP contribution >= 0.6 is 22.7 Å².